The number of para-hydroxylation sites is 1. The van der Waals surface area contributed by atoms with Crippen LogP contribution < -0.4 is 10.1 Å². The van der Waals surface area contributed by atoms with Gasteiger partial charge >= 0.3 is 0 Å². The molecule has 3 aliphatic rings. The third-order valence-electron chi connectivity index (χ3n) is 8.27. The van der Waals surface area contributed by atoms with E-state index in [2.05, 4.69) is 19.2 Å². The first-order valence-corrected chi connectivity index (χ1v) is 13.7. The van der Waals surface area contributed by atoms with Gasteiger partial charge in [0.15, 0.2) is 5.78 Å². The number of rotatable bonds is 14. The molecule has 1 N–H and O–H groups in total. The van der Waals surface area contributed by atoms with Gasteiger partial charge in [-0.2, -0.15) is 0 Å². The van der Waals surface area contributed by atoms with Crippen molar-refractivity contribution in [1.29, 1.82) is 0 Å². The van der Waals surface area contributed by atoms with E-state index in [4.69, 9.17) is 4.74 Å². The Morgan fingerprint density at radius 1 is 1.03 bits per heavy atom. The van der Waals surface area contributed by atoms with Crippen molar-refractivity contribution in [3.05, 3.63) is 41.5 Å². The highest BCUT2D eigenvalue weighted by Gasteiger charge is 2.35. The predicted octanol–water partition coefficient (Wildman–Crippen LogP) is 6.64. The van der Waals surface area contributed by atoms with Gasteiger partial charge in [0.1, 0.15) is 5.75 Å². The van der Waals surface area contributed by atoms with Crippen molar-refractivity contribution in [2.75, 3.05) is 6.61 Å². The van der Waals surface area contributed by atoms with Gasteiger partial charge in [-0.1, -0.05) is 37.6 Å². The largest absolute Gasteiger partial charge is 0.493 e. The van der Waals surface area contributed by atoms with E-state index >= 15 is 0 Å². The summed E-state index contributed by atoms with van der Waals surface area (Å²) in [7, 11) is 0. The topological polar surface area (TPSA) is 55.4 Å². The molecular weight excluding hydrogens is 422 g/mol. The second kappa shape index (κ2) is 12.0. The van der Waals surface area contributed by atoms with Crippen LogP contribution in [0.25, 0.3) is 0 Å². The van der Waals surface area contributed by atoms with Crippen molar-refractivity contribution < 1.29 is 14.3 Å². The number of carbonyl (C=O) groups is 2. The van der Waals surface area contributed by atoms with Crippen LogP contribution in [0.1, 0.15) is 90.9 Å². The second-order valence-corrected chi connectivity index (χ2v) is 11.2. The van der Waals surface area contributed by atoms with Crippen molar-refractivity contribution in [2.24, 2.45) is 23.7 Å². The predicted molar refractivity (Wildman–Crippen MR) is 137 cm³/mol. The van der Waals surface area contributed by atoms with Crippen LogP contribution in [0.5, 0.6) is 5.75 Å². The monoisotopic (exact) mass is 465 g/mol. The van der Waals surface area contributed by atoms with Gasteiger partial charge in [-0.05, 0) is 106 Å². The van der Waals surface area contributed by atoms with E-state index in [1.54, 1.807) is 0 Å². The highest BCUT2D eigenvalue weighted by molar-refractivity contribution is 5.98. The summed E-state index contributed by atoms with van der Waals surface area (Å²) >= 11 is 0. The molecule has 0 aliphatic heterocycles. The Labute approximate surface area is 205 Å². The van der Waals surface area contributed by atoms with Crippen LogP contribution in [0.3, 0.4) is 0 Å². The van der Waals surface area contributed by atoms with E-state index in [0.717, 1.165) is 63.7 Å². The molecule has 1 aromatic rings. The van der Waals surface area contributed by atoms with E-state index in [9.17, 15) is 9.59 Å². The summed E-state index contributed by atoms with van der Waals surface area (Å²) in [6.45, 7) is 5.31. The molecule has 4 atom stereocenters. The van der Waals surface area contributed by atoms with Crippen molar-refractivity contribution in [3.8, 4) is 5.75 Å². The van der Waals surface area contributed by atoms with Crippen LogP contribution in [-0.2, 0) is 9.59 Å². The summed E-state index contributed by atoms with van der Waals surface area (Å²) in [5.74, 6) is 3.88. The molecule has 4 heteroatoms. The molecule has 0 bridgehead atoms. The molecule has 0 saturated heterocycles. The highest BCUT2D eigenvalue weighted by atomic mass is 16.5. The van der Waals surface area contributed by atoms with Crippen LogP contribution in [-0.4, -0.2) is 24.3 Å². The number of amides is 1. The molecule has 186 valence electrons. The van der Waals surface area contributed by atoms with Gasteiger partial charge in [0, 0.05) is 18.9 Å². The second-order valence-electron chi connectivity index (χ2n) is 11.2. The van der Waals surface area contributed by atoms with Crippen molar-refractivity contribution in [3.63, 3.8) is 0 Å². The number of carbonyl (C=O) groups excluding carboxylic acids is 2. The molecule has 4 rings (SSSR count). The summed E-state index contributed by atoms with van der Waals surface area (Å²) in [6.07, 6.45) is 12.5. The number of ether oxygens (including phenoxy) is 1. The minimum Gasteiger partial charge on any atom is -0.493 e. The highest BCUT2D eigenvalue weighted by Crippen LogP contribution is 2.45. The van der Waals surface area contributed by atoms with E-state index in [-0.39, 0.29) is 5.91 Å². The standard InChI is InChI=1S/C30H43NO3/c1-21(20-34-26-8-4-3-5-9-26)11-12-22(2)27-17-18-29(32)28(27)19-24-14-13-23(24)7-6-10-30(33)31-25-15-16-25/h3-5,8-9,21-25H,6-7,10-20H2,1-2H3,(H,31,33). The molecule has 34 heavy (non-hydrogen) atoms. The lowest BCUT2D eigenvalue weighted by Gasteiger charge is -2.37. The van der Waals surface area contributed by atoms with Crippen LogP contribution >= 0.6 is 0 Å². The maximum Gasteiger partial charge on any atom is 0.220 e. The van der Waals surface area contributed by atoms with Gasteiger partial charge in [0.2, 0.25) is 5.91 Å². The lowest BCUT2D eigenvalue weighted by molar-refractivity contribution is -0.121. The molecule has 0 radical (unpaired) electrons. The lowest BCUT2D eigenvalue weighted by Crippen LogP contribution is -2.28. The Hall–Kier alpha value is -2.10. The van der Waals surface area contributed by atoms with Gasteiger partial charge in [0.25, 0.3) is 0 Å². The first kappa shape index (κ1) is 25.0. The fourth-order valence-corrected chi connectivity index (χ4v) is 5.67. The Bertz CT molecular complexity index is 857. The summed E-state index contributed by atoms with van der Waals surface area (Å²) in [6, 6.07) is 10.5. The third-order valence-corrected chi connectivity index (χ3v) is 8.27. The molecule has 4 nitrogen and oxygen atoms in total. The van der Waals surface area contributed by atoms with E-state index < -0.39 is 0 Å². The number of ketones is 1. The fourth-order valence-electron chi connectivity index (χ4n) is 5.67. The Morgan fingerprint density at radius 2 is 1.79 bits per heavy atom. The first-order chi connectivity index (χ1) is 16.5. The lowest BCUT2D eigenvalue weighted by atomic mass is 9.68. The zero-order valence-corrected chi connectivity index (χ0v) is 21.2. The van der Waals surface area contributed by atoms with Crippen LogP contribution in [0.15, 0.2) is 41.5 Å². The number of allylic oxidation sites excluding steroid dienone is 2. The first-order valence-electron chi connectivity index (χ1n) is 13.7. The van der Waals surface area contributed by atoms with Crippen LogP contribution in [0.2, 0.25) is 0 Å². The summed E-state index contributed by atoms with van der Waals surface area (Å²) in [4.78, 5) is 24.7. The van der Waals surface area contributed by atoms with Gasteiger partial charge in [-0.3, -0.25) is 9.59 Å². The quantitative estimate of drug-likeness (QED) is 0.335. The summed E-state index contributed by atoms with van der Waals surface area (Å²) in [5.41, 5.74) is 2.61. The number of benzene rings is 1. The Morgan fingerprint density at radius 3 is 2.50 bits per heavy atom. The number of Topliss-reactive ketones (excluding diaryl/α,β-unsaturated/α-hetero) is 1. The van der Waals surface area contributed by atoms with Gasteiger partial charge in [-0.25, -0.2) is 0 Å². The maximum atomic E-state index is 12.7. The minimum absolute atomic E-state index is 0.228. The molecule has 4 unspecified atom stereocenters. The Kier molecular flexibility index (Phi) is 8.86. The molecule has 2 saturated carbocycles. The minimum atomic E-state index is 0.228. The molecule has 3 aliphatic carbocycles. The van der Waals surface area contributed by atoms with E-state index in [1.165, 1.54) is 24.0 Å². The van der Waals surface area contributed by atoms with Crippen LogP contribution in [0, 0.1) is 23.7 Å². The van der Waals surface area contributed by atoms with Crippen molar-refractivity contribution >= 4 is 11.7 Å². The molecule has 0 aromatic heterocycles. The average Bonchev–Trinajstić information content (AvgIpc) is 3.56. The number of nitrogens with one attached hydrogen (secondary N) is 1. The van der Waals surface area contributed by atoms with Crippen LogP contribution in [0.4, 0.5) is 0 Å². The molecule has 1 aromatic carbocycles. The number of hydrogen-bond acceptors (Lipinski definition) is 3. The van der Waals surface area contributed by atoms with E-state index in [1.807, 2.05) is 30.3 Å². The normalized spacial score (nSPS) is 24.0. The third kappa shape index (κ3) is 7.20. The maximum absolute atomic E-state index is 12.7. The molecule has 0 heterocycles. The summed E-state index contributed by atoms with van der Waals surface area (Å²) in [5, 5.41) is 3.09. The smallest absolute Gasteiger partial charge is 0.220 e. The van der Waals surface area contributed by atoms with Gasteiger partial charge in [0.05, 0.1) is 6.61 Å². The van der Waals surface area contributed by atoms with E-state index in [0.29, 0.717) is 48.3 Å². The van der Waals surface area contributed by atoms with Gasteiger partial charge < -0.3 is 10.1 Å². The molecule has 1 amide bonds. The SMILES string of the molecule is CC(CCC(C)C1=C(CC2CCC2CCCC(=O)NC2CC2)C(=O)CC1)COc1ccccc1. The number of hydrogen-bond donors (Lipinski definition) is 1. The average molecular weight is 466 g/mol. The molecule has 0 spiro atoms. The molecular formula is C30H43NO3. The zero-order chi connectivity index (χ0) is 23.9. The van der Waals surface area contributed by atoms with Crippen molar-refractivity contribution in [1.82, 2.24) is 5.32 Å². The fraction of sp³-hybridized carbons (Fsp3) is 0.667. The molecule has 2 fully saturated rings. The Balaban J connectivity index is 1.20. The van der Waals surface area contributed by atoms with Gasteiger partial charge in [-0.15, -0.1) is 0 Å². The summed E-state index contributed by atoms with van der Waals surface area (Å²) < 4.78 is 5.93. The zero-order valence-electron chi connectivity index (χ0n) is 21.2. The van der Waals surface area contributed by atoms with Crippen molar-refractivity contribution in [2.45, 2.75) is 96.9 Å².